The van der Waals surface area contributed by atoms with Crippen molar-refractivity contribution in [3.63, 3.8) is 0 Å². The quantitative estimate of drug-likeness (QED) is 0.141. The number of quaternary nitrogens is 1. The summed E-state index contributed by atoms with van der Waals surface area (Å²) < 4.78 is 11.7. The molecule has 4 aliphatic rings. The predicted octanol–water partition coefficient (Wildman–Crippen LogP) is 4.46. The largest absolute Gasteiger partial charge is 0.490 e. The highest BCUT2D eigenvalue weighted by atomic mass is 16.5. The van der Waals surface area contributed by atoms with Crippen molar-refractivity contribution < 1.29 is 28.4 Å². The molecule has 2 aromatic rings. The standard InChI is InChI=1S/C39H48N5O5/c1-6-22-40-38(3,4)37(47)44-32(27-48-26-28-14-10-8-11-15-28)35(45)43(25-33(44)41-44)24-31-34(29-16-18-30(19-17-29)49-23-7-2)36(46)42(5)39(31)20-12-9-13-21-39/h7-8,10-11,14-19,22,32-33,40-41H,1-2,9,12-13,20-21,23-27H2,3-5H3/q+1/t32-,33?,44?/m1/s1. The zero-order valence-electron chi connectivity index (χ0n) is 28.9. The number of rotatable bonds is 13. The monoisotopic (exact) mass is 666 g/mol. The number of nitrogens with one attached hydrogen (secondary N) is 2. The number of carbonyl (C=O) groups excluding carboxylic acids is 3. The Hall–Kier alpha value is -4.47. The van der Waals surface area contributed by atoms with Gasteiger partial charge in [-0.1, -0.05) is 86.4 Å². The minimum Gasteiger partial charge on any atom is -0.490 e. The van der Waals surface area contributed by atoms with Crippen molar-refractivity contribution in [2.24, 2.45) is 0 Å². The molecule has 1 aliphatic carbocycles. The number of hydrogen-bond acceptors (Lipinski definition) is 7. The normalized spacial score (nSPS) is 24.4. The third-order valence-electron chi connectivity index (χ3n) is 10.6. The Morgan fingerprint density at radius 2 is 1.84 bits per heavy atom. The van der Waals surface area contributed by atoms with Gasteiger partial charge in [0.25, 0.3) is 11.8 Å². The number of likely N-dealkylation sites (N-methyl/N-ethyl adjacent to an activating group) is 1. The number of ether oxygens (including phenoxy) is 2. The Labute approximate surface area is 289 Å². The predicted molar refractivity (Wildman–Crippen MR) is 187 cm³/mol. The molecule has 2 unspecified atom stereocenters. The highest BCUT2D eigenvalue weighted by molar-refractivity contribution is 6.23. The fourth-order valence-corrected chi connectivity index (χ4v) is 7.95. The van der Waals surface area contributed by atoms with E-state index in [1.54, 1.807) is 19.9 Å². The topological polar surface area (TPSA) is 110 Å². The Kier molecular flexibility index (Phi) is 9.69. The van der Waals surface area contributed by atoms with Gasteiger partial charge in [-0.2, -0.15) is 0 Å². The number of amides is 3. The highest BCUT2D eigenvalue weighted by Gasteiger charge is 2.74. The van der Waals surface area contributed by atoms with E-state index >= 15 is 0 Å². The van der Waals surface area contributed by atoms with E-state index in [1.165, 1.54) is 6.20 Å². The molecule has 2 saturated heterocycles. The van der Waals surface area contributed by atoms with E-state index in [4.69, 9.17) is 9.47 Å². The first-order valence-electron chi connectivity index (χ1n) is 17.2. The van der Waals surface area contributed by atoms with Crippen LogP contribution in [0.1, 0.15) is 57.1 Å². The number of carbonyl (C=O) groups is 3. The van der Waals surface area contributed by atoms with Crippen molar-refractivity contribution >= 4 is 23.3 Å². The molecule has 3 fully saturated rings. The third kappa shape index (κ3) is 6.26. The van der Waals surface area contributed by atoms with E-state index in [0.29, 0.717) is 37.6 Å². The minimum atomic E-state index is -1.00. The van der Waals surface area contributed by atoms with Crippen LogP contribution in [-0.2, 0) is 25.7 Å². The minimum absolute atomic E-state index is 0.0307. The van der Waals surface area contributed by atoms with Crippen LogP contribution in [0.2, 0.25) is 0 Å². The molecule has 2 aromatic carbocycles. The number of nitrogens with zero attached hydrogens (tertiary/aromatic N) is 3. The molecule has 3 atom stereocenters. The Morgan fingerprint density at radius 3 is 2.51 bits per heavy atom. The van der Waals surface area contributed by atoms with Crippen LogP contribution < -0.4 is 15.5 Å². The first-order chi connectivity index (χ1) is 23.6. The fourth-order valence-electron chi connectivity index (χ4n) is 7.95. The van der Waals surface area contributed by atoms with E-state index in [9.17, 15) is 14.4 Å². The first kappa shape index (κ1) is 34.4. The molecule has 0 aromatic heterocycles. The zero-order valence-corrected chi connectivity index (χ0v) is 28.9. The summed E-state index contributed by atoms with van der Waals surface area (Å²) in [7, 11) is 1.90. The molecule has 3 heterocycles. The van der Waals surface area contributed by atoms with E-state index in [2.05, 4.69) is 29.6 Å². The van der Waals surface area contributed by atoms with Crippen LogP contribution in [0.25, 0.3) is 5.57 Å². The Morgan fingerprint density at radius 1 is 1.12 bits per heavy atom. The summed E-state index contributed by atoms with van der Waals surface area (Å²) in [6.45, 7) is 12.3. The molecule has 1 saturated carbocycles. The second-order valence-corrected chi connectivity index (χ2v) is 14.0. The smallest absolute Gasteiger partial charge is 0.360 e. The molecule has 10 nitrogen and oxygen atoms in total. The summed E-state index contributed by atoms with van der Waals surface area (Å²) >= 11 is 0. The summed E-state index contributed by atoms with van der Waals surface area (Å²) in [4.78, 5) is 46.9. The fraction of sp³-hybridized carbons (Fsp3) is 0.436. The second kappa shape index (κ2) is 13.8. The van der Waals surface area contributed by atoms with E-state index in [-0.39, 0.29) is 35.1 Å². The molecule has 258 valence electrons. The lowest BCUT2D eigenvalue weighted by Gasteiger charge is -2.44. The van der Waals surface area contributed by atoms with Gasteiger partial charge in [0.05, 0.1) is 24.3 Å². The lowest BCUT2D eigenvalue weighted by atomic mass is 9.75. The van der Waals surface area contributed by atoms with Crippen LogP contribution in [0.15, 0.2) is 91.3 Å². The van der Waals surface area contributed by atoms with Crippen LogP contribution in [0.3, 0.4) is 0 Å². The summed E-state index contributed by atoms with van der Waals surface area (Å²) in [5.41, 5.74) is 8.02. The number of hydrogen-bond donors (Lipinski definition) is 2. The van der Waals surface area contributed by atoms with Crippen LogP contribution in [-0.4, -0.2) is 88.7 Å². The van der Waals surface area contributed by atoms with E-state index in [1.807, 2.05) is 71.4 Å². The maximum absolute atomic E-state index is 14.7. The van der Waals surface area contributed by atoms with Crippen molar-refractivity contribution in [3.8, 4) is 5.75 Å². The van der Waals surface area contributed by atoms with Gasteiger partial charge in [0.2, 0.25) is 12.2 Å². The van der Waals surface area contributed by atoms with Crippen LogP contribution >= 0.6 is 0 Å². The molecule has 10 heteroatoms. The summed E-state index contributed by atoms with van der Waals surface area (Å²) in [6, 6.07) is 16.6. The molecule has 2 N–H and O–H groups in total. The highest BCUT2D eigenvalue weighted by Crippen LogP contribution is 2.49. The van der Waals surface area contributed by atoms with Gasteiger partial charge in [-0.3, -0.25) is 9.59 Å². The molecule has 3 aliphatic heterocycles. The lowest BCUT2D eigenvalue weighted by Crippen LogP contribution is -2.67. The van der Waals surface area contributed by atoms with Gasteiger partial charge in [0, 0.05) is 19.8 Å². The Bertz CT molecular complexity index is 1670. The maximum Gasteiger partial charge on any atom is 0.360 e. The average molecular weight is 667 g/mol. The molecular weight excluding hydrogens is 618 g/mol. The molecule has 49 heavy (non-hydrogen) atoms. The SMILES string of the molecule is C=C=CNC(C)(C)C(=O)[N+]12NC1CN(CC1=C(c3ccc(OCC=C)cc3)C(=O)N(C)C13CCCCC3)C(=O)[C@H]2COCc1ccccc1. The van der Waals surface area contributed by atoms with Gasteiger partial charge in [-0.05, 0) is 55.5 Å². The van der Waals surface area contributed by atoms with Crippen molar-refractivity contribution in [1.82, 2.24) is 20.5 Å². The lowest BCUT2D eigenvalue weighted by molar-refractivity contribution is -0.784. The maximum atomic E-state index is 14.7. The second-order valence-electron chi connectivity index (χ2n) is 14.0. The molecule has 0 bridgehead atoms. The van der Waals surface area contributed by atoms with Gasteiger partial charge in [-0.15, -0.1) is 10.3 Å². The number of benzene rings is 2. The molecular formula is C39H48N5O5+. The van der Waals surface area contributed by atoms with Gasteiger partial charge < -0.3 is 24.6 Å². The van der Waals surface area contributed by atoms with Gasteiger partial charge in [0.15, 0.2) is 0 Å². The molecule has 3 amide bonds. The third-order valence-corrected chi connectivity index (χ3v) is 10.6. The molecule has 1 spiro atoms. The zero-order chi connectivity index (χ0) is 34.8. The first-order valence-corrected chi connectivity index (χ1v) is 17.2. The molecule has 6 rings (SSSR count). The van der Waals surface area contributed by atoms with Crippen molar-refractivity contribution in [3.05, 3.63) is 102 Å². The summed E-state index contributed by atoms with van der Waals surface area (Å²) in [5, 5.41) is 3.10. The van der Waals surface area contributed by atoms with E-state index < -0.39 is 17.1 Å². The van der Waals surface area contributed by atoms with Crippen LogP contribution in [0, 0.1) is 0 Å². The Balaban J connectivity index is 1.35. The average Bonchev–Trinajstić information content (AvgIpc) is 3.82. The van der Waals surface area contributed by atoms with Crippen LogP contribution in [0.4, 0.5) is 0 Å². The summed E-state index contributed by atoms with van der Waals surface area (Å²) in [6.07, 6.45) is 7.72. The summed E-state index contributed by atoms with van der Waals surface area (Å²) in [5.74, 6) is 0.326. The molecule has 0 radical (unpaired) electrons. The van der Waals surface area contributed by atoms with E-state index in [0.717, 1.165) is 48.8 Å². The van der Waals surface area contributed by atoms with Crippen LogP contribution in [0.5, 0.6) is 5.75 Å². The number of piperazine rings is 1. The van der Waals surface area contributed by atoms with Gasteiger partial charge >= 0.3 is 5.91 Å². The van der Waals surface area contributed by atoms with Gasteiger partial charge in [-0.25, -0.2) is 4.79 Å². The number of fused-ring (bicyclic) bond motifs is 1. The van der Waals surface area contributed by atoms with Gasteiger partial charge in [0.1, 0.15) is 24.5 Å². The van der Waals surface area contributed by atoms with Crippen molar-refractivity contribution in [1.29, 1.82) is 0 Å². The van der Waals surface area contributed by atoms with Crippen molar-refractivity contribution in [2.45, 2.75) is 75.8 Å². The van der Waals surface area contributed by atoms with Crippen molar-refractivity contribution in [2.75, 3.05) is 33.4 Å².